The molecule has 1 aromatic carbocycles. The predicted molar refractivity (Wildman–Crippen MR) is 101 cm³/mol. The quantitative estimate of drug-likeness (QED) is 0.495. The zero-order valence-electron chi connectivity index (χ0n) is 13.3. The van der Waals surface area contributed by atoms with Gasteiger partial charge in [0.2, 0.25) is 10.0 Å². The van der Waals surface area contributed by atoms with Crippen LogP contribution < -0.4 is 10.0 Å². The molecular weight excluding hydrogens is 455 g/mol. The Morgan fingerprint density at radius 1 is 1.40 bits per heavy atom. The van der Waals surface area contributed by atoms with Gasteiger partial charge in [0.05, 0.1) is 17.4 Å². The number of anilines is 1. The van der Waals surface area contributed by atoms with Crippen molar-refractivity contribution < 1.29 is 12.8 Å². The summed E-state index contributed by atoms with van der Waals surface area (Å²) < 4.78 is 33.8. The number of sulfonamides is 1. The highest BCUT2D eigenvalue weighted by Crippen LogP contribution is 2.24. The number of rotatable bonds is 6. The third kappa shape index (κ3) is 4.45. The summed E-state index contributed by atoms with van der Waals surface area (Å²) >= 11 is 2.01. The summed E-state index contributed by atoms with van der Waals surface area (Å²) in [5.41, 5.74) is 1.69. The molecule has 9 heteroatoms. The highest BCUT2D eigenvalue weighted by Gasteiger charge is 2.28. The largest absolute Gasteiger partial charge is 0.472 e. The van der Waals surface area contributed by atoms with Gasteiger partial charge in [0.15, 0.2) is 6.19 Å². The van der Waals surface area contributed by atoms with E-state index in [1.165, 1.54) is 0 Å². The van der Waals surface area contributed by atoms with E-state index in [1.807, 2.05) is 40.9 Å². The van der Waals surface area contributed by atoms with Crippen molar-refractivity contribution in [3.63, 3.8) is 0 Å². The van der Waals surface area contributed by atoms with Crippen molar-refractivity contribution >= 4 is 38.3 Å². The predicted octanol–water partition coefficient (Wildman–Crippen LogP) is 2.33. The Morgan fingerprint density at radius 3 is 2.92 bits per heavy atom. The lowest BCUT2D eigenvalue weighted by molar-refractivity contribution is 0.470. The number of hydrogen-bond acceptors (Lipinski definition) is 6. The van der Waals surface area contributed by atoms with Crippen LogP contribution in [0.15, 0.2) is 46.1 Å². The molecule has 1 fully saturated rings. The Balaban J connectivity index is 1.73. The standard InChI is InChI=1S/C16H17IN4O3S/c17-15-2-1-13(19-8-12-4-6-24-10-12)7-16(15)25(22,23)20-14-3-5-21(9-14)11-18/h1-2,4,6-7,10,14,19-20H,3,5,8-9H2/t14-/m1/s1. The second-order valence-corrected chi connectivity index (χ2v) is 8.63. The average Bonchev–Trinajstić information content (AvgIpc) is 3.25. The van der Waals surface area contributed by atoms with Gasteiger partial charge in [0.1, 0.15) is 0 Å². The first-order chi connectivity index (χ1) is 12.0. The lowest BCUT2D eigenvalue weighted by Gasteiger charge is -2.15. The number of nitrogens with one attached hydrogen (secondary N) is 2. The van der Waals surface area contributed by atoms with Crippen LogP contribution in [0.5, 0.6) is 0 Å². The molecule has 132 valence electrons. The molecule has 2 N–H and O–H groups in total. The first-order valence-corrected chi connectivity index (χ1v) is 10.3. The maximum Gasteiger partial charge on any atom is 0.242 e. The minimum atomic E-state index is -3.65. The Morgan fingerprint density at radius 2 is 2.24 bits per heavy atom. The van der Waals surface area contributed by atoms with E-state index >= 15 is 0 Å². The van der Waals surface area contributed by atoms with Gasteiger partial charge in [-0.25, -0.2) is 13.1 Å². The van der Waals surface area contributed by atoms with E-state index in [9.17, 15) is 8.42 Å². The monoisotopic (exact) mass is 472 g/mol. The highest BCUT2D eigenvalue weighted by atomic mass is 127. The number of furan rings is 1. The van der Waals surface area contributed by atoms with Crippen LogP contribution in [-0.2, 0) is 16.6 Å². The molecule has 1 aromatic heterocycles. The van der Waals surface area contributed by atoms with Crippen LogP contribution in [0.1, 0.15) is 12.0 Å². The van der Waals surface area contributed by atoms with Gasteiger partial charge in [-0.2, -0.15) is 5.26 Å². The van der Waals surface area contributed by atoms with Crippen LogP contribution in [0.25, 0.3) is 0 Å². The van der Waals surface area contributed by atoms with Crippen LogP contribution in [-0.4, -0.2) is 32.4 Å². The second kappa shape index (κ2) is 7.63. The van der Waals surface area contributed by atoms with Crippen molar-refractivity contribution in [2.24, 2.45) is 0 Å². The van der Waals surface area contributed by atoms with E-state index in [4.69, 9.17) is 9.68 Å². The topological polar surface area (TPSA) is 98.4 Å². The molecule has 1 saturated heterocycles. The molecule has 2 heterocycles. The van der Waals surface area contributed by atoms with Crippen LogP contribution in [0.3, 0.4) is 0 Å². The summed E-state index contributed by atoms with van der Waals surface area (Å²) in [6.07, 6.45) is 5.91. The molecule has 0 unspecified atom stereocenters. The Bertz CT molecular complexity index is 877. The zero-order chi connectivity index (χ0) is 17.9. The molecule has 0 aliphatic carbocycles. The Kier molecular flexibility index (Phi) is 5.51. The van der Waals surface area contributed by atoms with Crippen molar-refractivity contribution in [3.05, 3.63) is 45.9 Å². The van der Waals surface area contributed by atoms with Crippen molar-refractivity contribution in [2.45, 2.75) is 23.9 Å². The summed E-state index contributed by atoms with van der Waals surface area (Å²) in [6, 6.07) is 6.83. The molecule has 0 spiro atoms. The molecule has 2 aromatic rings. The third-order valence-corrected chi connectivity index (χ3v) is 6.82. The fraction of sp³-hybridized carbons (Fsp3) is 0.312. The number of likely N-dealkylation sites (tertiary alicyclic amines) is 1. The zero-order valence-corrected chi connectivity index (χ0v) is 16.2. The minimum Gasteiger partial charge on any atom is -0.472 e. The molecular formula is C16H17IN4O3S. The lowest BCUT2D eigenvalue weighted by Crippen LogP contribution is -2.36. The summed E-state index contributed by atoms with van der Waals surface area (Å²) in [7, 11) is -3.65. The normalized spacial score (nSPS) is 17.4. The summed E-state index contributed by atoms with van der Waals surface area (Å²) in [6.45, 7) is 1.53. The molecule has 1 atom stereocenters. The van der Waals surface area contributed by atoms with E-state index in [1.54, 1.807) is 29.6 Å². The molecule has 0 bridgehead atoms. The second-order valence-electron chi connectivity index (χ2n) is 5.78. The molecule has 0 amide bonds. The maximum absolute atomic E-state index is 12.7. The van der Waals surface area contributed by atoms with E-state index < -0.39 is 10.0 Å². The molecule has 3 rings (SSSR count). The molecule has 0 radical (unpaired) electrons. The van der Waals surface area contributed by atoms with Gasteiger partial charge in [-0.15, -0.1) is 0 Å². The van der Waals surface area contributed by atoms with Crippen LogP contribution in [0.4, 0.5) is 5.69 Å². The summed E-state index contributed by atoms with van der Waals surface area (Å²) in [5.74, 6) is 0. The fourth-order valence-electron chi connectivity index (χ4n) is 2.65. The number of benzene rings is 1. The number of nitrogens with zero attached hydrogens (tertiary/aromatic N) is 2. The molecule has 1 aliphatic rings. The summed E-state index contributed by atoms with van der Waals surface area (Å²) in [4.78, 5) is 1.79. The molecule has 7 nitrogen and oxygen atoms in total. The molecule has 1 aliphatic heterocycles. The van der Waals surface area contributed by atoms with Gasteiger partial charge in [-0.1, -0.05) is 0 Å². The van der Waals surface area contributed by atoms with Crippen molar-refractivity contribution in [3.8, 4) is 6.19 Å². The van der Waals surface area contributed by atoms with Gasteiger partial charge in [-0.05, 0) is 53.3 Å². The van der Waals surface area contributed by atoms with E-state index in [0.717, 1.165) is 5.56 Å². The minimum absolute atomic E-state index is 0.237. The molecule has 25 heavy (non-hydrogen) atoms. The number of nitriles is 1. The van der Waals surface area contributed by atoms with E-state index in [-0.39, 0.29) is 10.9 Å². The first-order valence-electron chi connectivity index (χ1n) is 7.69. The SMILES string of the molecule is N#CN1CC[C@@H](NS(=O)(=O)c2cc(NCc3ccoc3)ccc2I)C1. The van der Waals surface area contributed by atoms with Gasteiger partial charge >= 0.3 is 0 Å². The number of halogens is 1. The average molecular weight is 472 g/mol. The van der Waals surface area contributed by atoms with Crippen molar-refractivity contribution in [2.75, 3.05) is 18.4 Å². The Labute approximate surface area is 160 Å². The fourth-order valence-corrected chi connectivity index (χ4v) is 5.22. The van der Waals surface area contributed by atoms with E-state index in [2.05, 4.69) is 10.0 Å². The third-order valence-electron chi connectivity index (χ3n) is 3.95. The number of hydrogen-bond donors (Lipinski definition) is 2. The van der Waals surface area contributed by atoms with Gasteiger partial charge in [0, 0.05) is 40.5 Å². The maximum atomic E-state index is 12.7. The van der Waals surface area contributed by atoms with Crippen molar-refractivity contribution in [1.29, 1.82) is 5.26 Å². The van der Waals surface area contributed by atoms with Crippen LogP contribution in [0, 0.1) is 15.0 Å². The highest BCUT2D eigenvalue weighted by molar-refractivity contribution is 14.1. The first kappa shape index (κ1) is 18.0. The van der Waals surface area contributed by atoms with Gasteiger partial charge < -0.3 is 14.6 Å². The molecule has 0 saturated carbocycles. The Hall–Kier alpha value is -1.77. The summed E-state index contributed by atoms with van der Waals surface area (Å²) in [5, 5.41) is 12.1. The van der Waals surface area contributed by atoms with Gasteiger partial charge in [-0.3, -0.25) is 0 Å². The van der Waals surface area contributed by atoms with Crippen LogP contribution >= 0.6 is 22.6 Å². The van der Waals surface area contributed by atoms with E-state index in [0.29, 0.717) is 35.3 Å². The lowest BCUT2D eigenvalue weighted by atomic mass is 10.3. The van der Waals surface area contributed by atoms with Gasteiger partial charge in [0.25, 0.3) is 0 Å². The van der Waals surface area contributed by atoms with Crippen LogP contribution in [0.2, 0.25) is 0 Å². The van der Waals surface area contributed by atoms with Crippen molar-refractivity contribution in [1.82, 2.24) is 9.62 Å². The smallest absolute Gasteiger partial charge is 0.242 e.